The van der Waals surface area contributed by atoms with Gasteiger partial charge in [0.1, 0.15) is 16.2 Å². The molecule has 3 amide bonds. The van der Waals surface area contributed by atoms with Gasteiger partial charge < -0.3 is 30.3 Å². The van der Waals surface area contributed by atoms with Gasteiger partial charge in [-0.15, -0.1) is 0 Å². The number of aliphatic hydroxyl groups is 1. The molecular weight excluding hydrogens is 537 g/mol. The van der Waals surface area contributed by atoms with Gasteiger partial charge in [-0.25, -0.2) is 13.2 Å². The Morgan fingerprint density at radius 1 is 1.13 bits per heavy atom. The van der Waals surface area contributed by atoms with Crippen LogP contribution in [0.2, 0.25) is 0 Å². The molecule has 5 rings (SSSR count). The molecule has 11 nitrogen and oxygen atoms in total. The molecular formula is C26H42N3NaO8S. The van der Waals surface area contributed by atoms with Crippen molar-refractivity contribution < 1.29 is 66.8 Å². The Kier molecular flexibility index (Phi) is 11.2. The average molecular weight is 580 g/mol. The summed E-state index contributed by atoms with van der Waals surface area (Å²) in [5.74, 6) is 0.650. The van der Waals surface area contributed by atoms with E-state index in [2.05, 4.69) is 16.0 Å². The van der Waals surface area contributed by atoms with Crippen molar-refractivity contribution in [3.63, 3.8) is 0 Å². The van der Waals surface area contributed by atoms with Crippen molar-refractivity contribution in [2.75, 3.05) is 13.2 Å². The van der Waals surface area contributed by atoms with Crippen LogP contribution in [0.3, 0.4) is 0 Å². The molecule has 1 heterocycles. The molecule has 1 unspecified atom stereocenters. The first kappa shape index (κ1) is 32.6. The topological polar surface area (TPSA) is 174 Å². The molecule has 4 bridgehead atoms. The second kappa shape index (κ2) is 13.4. The zero-order chi connectivity index (χ0) is 27.7. The quantitative estimate of drug-likeness (QED) is 0.162. The van der Waals surface area contributed by atoms with E-state index in [1.54, 1.807) is 0 Å². The number of hydrogen-bond acceptors (Lipinski definition) is 8. The van der Waals surface area contributed by atoms with Crippen LogP contribution < -0.4 is 45.5 Å². The number of alkyl carbamates (subject to hydrolysis) is 1. The van der Waals surface area contributed by atoms with Crippen molar-refractivity contribution in [1.29, 1.82) is 0 Å². The maximum absolute atomic E-state index is 13.1. The number of carbonyl (C=O) groups excluding carboxylic acids is 3. The van der Waals surface area contributed by atoms with E-state index in [-0.39, 0.29) is 66.2 Å². The van der Waals surface area contributed by atoms with E-state index in [1.165, 1.54) is 38.5 Å². The van der Waals surface area contributed by atoms with Crippen LogP contribution >= 0.6 is 0 Å². The van der Waals surface area contributed by atoms with Gasteiger partial charge in [-0.2, -0.15) is 0 Å². The van der Waals surface area contributed by atoms with Gasteiger partial charge in [0.25, 0.3) is 0 Å². The predicted octanol–water partition coefficient (Wildman–Crippen LogP) is -1.39. The Bertz CT molecular complexity index is 972. The number of nitrogens with one attached hydrogen (secondary N) is 3. The molecule has 0 radical (unpaired) electrons. The third-order valence-corrected chi connectivity index (χ3v) is 9.94. The molecule has 5 aliphatic rings. The maximum atomic E-state index is 13.1. The molecule has 0 aromatic rings. The van der Waals surface area contributed by atoms with Crippen LogP contribution in [0.4, 0.5) is 4.79 Å². The molecule has 39 heavy (non-hydrogen) atoms. The summed E-state index contributed by atoms with van der Waals surface area (Å²) < 4.78 is 40.1. The molecule has 4 aliphatic carbocycles. The van der Waals surface area contributed by atoms with Crippen LogP contribution in [0.25, 0.3) is 0 Å². The van der Waals surface area contributed by atoms with E-state index < -0.39 is 45.6 Å². The zero-order valence-electron chi connectivity index (χ0n) is 23.3. The first-order chi connectivity index (χ1) is 17.8. The van der Waals surface area contributed by atoms with Gasteiger partial charge in [0.15, 0.2) is 5.44 Å². The summed E-state index contributed by atoms with van der Waals surface area (Å²) in [6, 6.07) is -2.56. The fraction of sp³-hybridized carbons (Fsp3) is 0.885. The molecule has 4 N–H and O–H groups in total. The second-order valence-electron chi connectivity index (χ2n) is 12.6. The van der Waals surface area contributed by atoms with Crippen LogP contribution in [0.1, 0.15) is 78.1 Å². The van der Waals surface area contributed by atoms with Crippen LogP contribution in [0.15, 0.2) is 0 Å². The van der Waals surface area contributed by atoms with Crippen molar-refractivity contribution >= 4 is 28.0 Å². The second-order valence-corrected chi connectivity index (χ2v) is 14.1. The number of rotatable bonds is 12. The SMILES string of the molecule is CC(C)C[C@H](NC(=O)OCCC12CC3CC(CC(C3)C1)C2)C(=O)N[C@@H](C[C@H]1CCNC1=O)C(O)S(=O)(=O)[O-].[Na+]. The van der Waals surface area contributed by atoms with E-state index >= 15 is 0 Å². The van der Waals surface area contributed by atoms with Gasteiger partial charge in [-0.05, 0) is 93.3 Å². The minimum absolute atomic E-state index is 0. The average Bonchev–Trinajstić information content (AvgIpc) is 3.20. The maximum Gasteiger partial charge on any atom is 1.00 e. The van der Waals surface area contributed by atoms with Gasteiger partial charge in [0, 0.05) is 12.5 Å². The first-order valence-corrected chi connectivity index (χ1v) is 15.4. The van der Waals surface area contributed by atoms with E-state index in [0.717, 1.165) is 24.2 Å². The molecule has 216 valence electrons. The zero-order valence-corrected chi connectivity index (χ0v) is 26.1. The molecule has 0 aromatic heterocycles. The molecule has 13 heteroatoms. The van der Waals surface area contributed by atoms with Gasteiger partial charge >= 0.3 is 35.7 Å². The standard InChI is InChI=1S/C26H43N3O8S.Na/c1-15(2)7-20(23(31)28-21(24(32)38(34,35)36)11-19-3-5-27-22(19)30)29-25(33)37-6-4-26-12-16-8-17(13-26)10-18(9-16)14-26;/h15-21,24,32H,3-14H2,1-2H3,(H,27,30)(H,28,31)(H,29,33)(H,34,35,36);/q;+1/p-1/t16?,17?,18?,19-,20+,21+,24?,26?;/m1./s1. The summed E-state index contributed by atoms with van der Waals surface area (Å²) in [5.41, 5.74) is -2.17. The van der Waals surface area contributed by atoms with Gasteiger partial charge in [0.05, 0.1) is 12.6 Å². The van der Waals surface area contributed by atoms with Crippen molar-refractivity contribution in [1.82, 2.24) is 16.0 Å². The van der Waals surface area contributed by atoms with Gasteiger partial charge in [-0.1, -0.05) is 13.8 Å². The molecule has 4 atom stereocenters. The minimum atomic E-state index is -5.16. The summed E-state index contributed by atoms with van der Waals surface area (Å²) in [6.45, 7) is 4.37. The Balaban J connectivity index is 0.00000420. The van der Waals surface area contributed by atoms with Gasteiger partial charge in [-0.3, -0.25) is 9.59 Å². The van der Waals surface area contributed by atoms with E-state index in [4.69, 9.17) is 4.74 Å². The summed E-state index contributed by atoms with van der Waals surface area (Å²) >= 11 is 0. The molecule has 0 spiro atoms. The number of ether oxygens (including phenoxy) is 1. The number of hydrogen-bond donors (Lipinski definition) is 4. The number of carbonyl (C=O) groups is 3. The van der Waals surface area contributed by atoms with Crippen molar-refractivity contribution in [2.24, 2.45) is 35.0 Å². The summed E-state index contributed by atoms with van der Waals surface area (Å²) in [7, 11) is -5.16. The van der Waals surface area contributed by atoms with Gasteiger partial charge in [0.2, 0.25) is 11.8 Å². The van der Waals surface area contributed by atoms with Crippen LogP contribution in [-0.2, 0) is 24.4 Å². The minimum Gasteiger partial charge on any atom is -0.746 e. The third-order valence-electron chi connectivity index (χ3n) is 9.02. The van der Waals surface area contributed by atoms with E-state index in [1.807, 2.05) is 13.8 Å². The fourth-order valence-electron chi connectivity index (χ4n) is 7.75. The molecule has 4 saturated carbocycles. The third kappa shape index (κ3) is 8.54. The molecule has 1 saturated heterocycles. The largest absolute Gasteiger partial charge is 1.00 e. The van der Waals surface area contributed by atoms with E-state index in [0.29, 0.717) is 13.0 Å². The van der Waals surface area contributed by atoms with Crippen LogP contribution in [0, 0.1) is 35.0 Å². The number of aliphatic hydroxyl groups excluding tert-OH is 1. The normalized spacial score (nSPS) is 31.7. The number of amides is 3. The Labute approximate surface area is 253 Å². The fourth-order valence-corrected chi connectivity index (χ4v) is 8.33. The first-order valence-electron chi connectivity index (χ1n) is 14.0. The molecule has 0 aromatic carbocycles. The Morgan fingerprint density at radius 2 is 1.72 bits per heavy atom. The van der Waals surface area contributed by atoms with Crippen LogP contribution in [-0.4, -0.2) is 66.7 Å². The van der Waals surface area contributed by atoms with E-state index in [9.17, 15) is 32.5 Å². The molecule has 1 aliphatic heterocycles. The molecule has 5 fully saturated rings. The summed E-state index contributed by atoms with van der Waals surface area (Å²) in [4.78, 5) is 37.8. The van der Waals surface area contributed by atoms with Crippen molar-refractivity contribution in [3.8, 4) is 0 Å². The smallest absolute Gasteiger partial charge is 0.746 e. The predicted molar refractivity (Wildman–Crippen MR) is 136 cm³/mol. The Hall–Kier alpha value is -0.920. The Morgan fingerprint density at radius 3 is 2.21 bits per heavy atom. The van der Waals surface area contributed by atoms with Crippen molar-refractivity contribution in [2.45, 2.75) is 95.6 Å². The summed E-state index contributed by atoms with van der Waals surface area (Å²) in [5, 5.41) is 17.8. The summed E-state index contributed by atoms with van der Waals surface area (Å²) in [6.07, 6.45) is 8.08. The monoisotopic (exact) mass is 579 g/mol. The van der Waals surface area contributed by atoms with Crippen LogP contribution in [0.5, 0.6) is 0 Å². The van der Waals surface area contributed by atoms with Crippen molar-refractivity contribution in [3.05, 3.63) is 0 Å².